The van der Waals surface area contributed by atoms with Crippen LogP contribution in [0.4, 0.5) is 0 Å². The summed E-state index contributed by atoms with van der Waals surface area (Å²) in [5.41, 5.74) is 1.85. The normalized spacial score (nSPS) is 9.90. The minimum absolute atomic E-state index is 0.554. The molecule has 0 spiro atoms. The molecular weight excluding hydrogens is 327 g/mol. The lowest BCUT2D eigenvalue weighted by Gasteiger charge is -2.03. The summed E-state index contributed by atoms with van der Waals surface area (Å²) in [5, 5.41) is 20.1. The van der Waals surface area contributed by atoms with Crippen LogP contribution in [0.2, 0.25) is 0 Å². The summed E-state index contributed by atoms with van der Waals surface area (Å²) in [6.07, 6.45) is 0. The molecule has 0 aliphatic heterocycles. The van der Waals surface area contributed by atoms with Crippen molar-refractivity contribution in [2.75, 3.05) is 0 Å². The van der Waals surface area contributed by atoms with Gasteiger partial charge in [0.2, 0.25) is 0 Å². The van der Waals surface area contributed by atoms with Gasteiger partial charge in [-0.25, -0.2) is 0 Å². The molecule has 21 heavy (non-hydrogen) atoms. The van der Waals surface area contributed by atoms with Gasteiger partial charge < -0.3 is 10.0 Å². The van der Waals surface area contributed by atoms with Gasteiger partial charge in [0, 0.05) is 4.47 Å². The summed E-state index contributed by atoms with van der Waals surface area (Å²) in [7, 11) is -1.40. The van der Waals surface area contributed by atoms with Gasteiger partial charge in [0.1, 0.15) is 0 Å². The van der Waals surface area contributed by atoms with Crippen LogP contribution in [0.3, 0.4) is 0 Å². The quantitative estimate of drug-likeness (QED) is 0.666. The van der Waals surface area contributed by atoms with Gasteiger partial charge in [-0.3, -0.25) is 0 Å². The molecule has 2 N–H and O–H groups in total. The zero-order chi connectivity index (χ0) is 15.2. The number of rotatable bonds is 1. The zero-order valence-corrected chi connectivity index (χ0v) is 13.3. The van der Waals surface area contributed by atoms with Crippen LogP contribution in [-0.2, 0) is 0 Å². The number of fused-ring (bicyclic) bond motifs is 1. The molecule has 0 heterocycles. The van der Waals surface area contributed by atoms with E-state index in [0.29, 0.717) is 5.46 Å². The van der Waals surface area contributed by atoms with Gasteiger partial charge in [0.15, 0.2) is 0 Å². The smallest absolute Gasteiger partial charge is 0.423 e. The van der Waals surface area contributed by atoms with Crippen LogP contribution in [0, 0.1) is 6.92 Å². The molecule has 0 amide bonds. The third-order valence-electron chi connectivity index (χ3n) is 3.11. The van der Waals surface area contributed by atoms with Crippen molar-refractivity contribution in [3.05, 3.63) is 76.8 Å². The largest absolute Gasteiger partial charge is 0.489 e. The van der Waals surface area contributed by atoms with Gasteiger partial charge in [0.05, 0.1) is 0 Å². The predicted octanol–water partition coefficient (Wildman–Crippen LogP) is 3.28. The van der Waals surface area contributed by atoms with E-state index in [1.165, 1.54) is 5.56 Å². The van der Waals surface area contributed by atoms with E-state index in [0.717, 1.165) is 15.2 Å². The molecule has 0 aliphatic carbocycles. The van der Waals surface area contributed by atoms with Crippen molar-refractivity contribution in [2.24, 2.45) is 0 Å². The van der Waals surface area contributed by atoms with Crippen LogP contribution in [-0.4, -0.2) is 17.2 Å². The van der Waals surface area contributed by atoms with Crippen molar-refractivity contribution in [3.63, 3.8) is 0 Å². The Morgan fingerprint density at radius 1 is 0.810 bits per heavy atom. The first-order valence-corrected chi connectivity index (χ1v) is 7.43. The Hall–Kier alpha value is -1.62. The second-order valence-corrected chi connectivity index (χ2v) is 5.65. The molecule has 0 aromatic heterocycles. The lowest BCUT2D eigenvalue weighted by atomic mass is 9.77. The minimum Gasteiger partial charge on any atom is -0.423 e. The molecule has 0 bridgehead atoms. The fourth-order valence-electron chi connectivity index (χ4n) is 2.01. The maximum atomic E-state index is 9.08. The second-order valence-electron chi connectivity index (χ2n) is 4.74. The van der Waals surface area contributed by atoms with E-state index in [9.17, 15) is 0 Å². The highest BCUT2D eigenvalue weighted by Gasteiger charge is 2.13. The van der Waals surface area contributed by atoms with Gasteiger partial charge >= 0.3 is 7.12 Å². The van der Waals surface area contributed by atoms with Gasteiger partial charge in [-0.05, 0) is 35.3 Å². The van der Waals surface area contributed by atoms with Crippen molar-refractivity contribution in [3.8, 4) is 0 Å². The third kappa shape index (κ3) is 4.43. The number of benzene rings is 3. The molecule has 0 atom stereocenters. The Balaban J connectivity index is 0.000000173. The molecule has 0 saturated heterocycles. The molecule has 0 aliphatic rings. The third-order valence-corrected chi connectivity index (χ3v) is 3.64. The molecule has 0 radical (unpaired) electrons. The molecule has 3 rings (SSSR count). The Bertz CT molecular complexity index is 685. The number of halogens is 1. The van der Waals surface area contributed by atoms with Crippen molar-refractivity contribution in [1.82, 2.24) is 0 Å². The highest BCUT2D eigenvalue weighted by Crippen LogP contribution is 2.10. The molecule has 0 unspecified atom stereocenters. The Labute approximate surface area is 133 Å². The highest BCUT2D eigenvalue weighted by molar-refractivity contribution is 9.10. The molecule has 4 heteroatoms. The standard InChI is InChI=1S/C10H9BO2.C7H7Br/c12-11(13)10-7-3-5-8-4-1-2-6-9(8)10;1-6-2-4-7(8)5-3-6/h1-7,12-13H;2-5H,1H3. The molecule has 0 fully saturated rings. The van der Waals surface area contributed by atoms with Crippen molar-refractivity contribution in [1.29, 1.82) is 0 Å². The van der Waals surface area contributed by atoms with Crippen LogP contribution in [0.15, 0.2) is 71.2 Å². The molecule has 2 nitrogen and oxygen atoms in total. The first-order chi connectivity index (χ1) is 10.1. The topological polar surface area (TPSA) is 40.5 Å². The summed E-state index contributed by atoms with van der Waals surface area (Å²) in [5.74, 6) is 0. The highest BCUT2D eigenvalue weighted by atomic mass is 79.9. The number of aryl methyl sites for hydroxylation is 1. The fraction of sp³-hybridized carbons (Fsp3) is 0.0588. The van der Waals surface area contributed by atoms with Crippen molar-refractivity contribution in [2.45, 2.75) is 6.92 Å². The first-order valence-electron chi connectivity index (χ1n) is 6.64. The van der Waals surface area contributed by atoms with Crippen LogP contribution < -0.4 is 5.46 Å². The van der Waals surface area contributed by atoms with Crippen LogP contribution in [0.1, 0.15) is 5.56 Å². The fourth-order valence-corrected chi connectivity index (χ4v) is 2.27. The van der Waals surface area contributed by atoms with E-state index in [1.807, 2.05) is 48.5 Å². The minimum atomic E-state index is -1.40. The molecular formula is C17H16BBrO2. The van der Waals surface area contributed by atoms with E-state index in [1.54, 1.807) is 6.07 Å². The maximum absolute atomic E-state index is 9.08. The molecule has 3 aromatic carbocycles. The Morgan fingerprint density at radius 3 is 2.05 bits per heavy atom. The van der Waals surface area contributed by atoms with E-state index in [2.05, 4.69) is 35.0 Å². The molecule has 106 valence electrons. The summed E-state index contributed by atoms with van der Waals surface area (Å²) in [6, 6.07) is 21.3. The summed E-state index contributed by atoms with van der Waals surface area (Å²) >= 11 is 3.35. The lowest BCUT2D eigenvalue weighted by molar-refractivity contribution is 0.426. The predicted molar refractivity (Wildman–Crippen MR) is 92.7 cm³/mol. The monoisotopic (exact) mass is 342 g/mol. The van der Waals surface area contributed by atoms with Gasteiger partial charge in [0.25, 0.3) is 0 Å². The summed E-state index contributed by atoms with van der Waals surface area (Å²) < 4.78 is 1.14. The first kappa shape index (κ1) is 15.8. The van der Waals surface area contributed by atoms with Gasteiger partial charge in [-0.15, -0.1) is 0 Å². The number of hydrogen-bond acceptors (Lipinski definition) is 2. The second kappa shape index (κ2) is 7.41. The average Bonchev–Trinajstić information content (AvgIpc) is 2.50. The van der Waals surface area contributed by atoms with E-state index in [4.69, 9.17) is 10.0 Å². The van der Waals surface area contributed by atoms with E-state index < -0.39 is 7.12 Å². The van der Waals surface area contributed by atoms with E-state index in [-0.39, 0.29) is 0 Å². The molecule has 3 aromatic rings. The summed E-state index contributed by atoms with van der Waals surface area (Å²) in [4.78, 5) is 0. The van der Waals surface area contributed by atoms with Crippen LogP contribution in [0.25, 0.3) is 10.8 Å². The maximum Gasteiger partial charge on any atom is 0.489 e. The van der Waals surface area contributed by atoms with Gasteiger partial charge in [-0.1, -0.05) is 76.1 Å². The SMILES string of the molecule is Cc1ccc(Br)cc1.OB(O)c1cccc2ccccc12. The number of hydrogen-bond donors (Lipinski definition) is 2. The van der Waals surface area contributed by atoms with E-state index >= 15 is 0 Å². The van der Waals surface area contributed by atoms with Crippen molar-refractivity contribution < 1.29 is 10.0 Å². The zero-order valence-electron chi connectivity index (χ0n) is 11.7. The van der Waals surface area contributed by atoms with Crippen LogP contribution >= 0.6 is 15.9 Å². The molecule has 0 saturated carbocycles. The lowest BCUT2D eigenvalue weighted by Crippen LogP contribution is -2.30. The Kier molecular flexibility index (Phi) is 5.56. The Morgan fingerprint density at radius 2 is 1.43 bits per heavy atom. The summed E-state index contributed by atoms with van der Waals surface area (Å²) in [6.45, 7) is 2.08. The average molecular weight is 343 g/mol. The van der Waals surface area contributed by atoms with Crippen LogP contribution in [0.5, 0.6) is 0 Å². The van der Waals surface area contributed by atoms with Crippen molar-refractivity contribution >= 4 is 39.3 Å². The van der Waals surface area contributed by atoms with Gasteiger partial charge in [-0.2, -0.15) is 0 Å².